The molecule has 4 N–H and O–H groups in total. The Morgan fingerprint density at radius 3 is 2.66 bits per heavy atom. The first-order chi connectivity index (χ1) is 19.8. The molecule has 0 unspecified atom stereocenters. The Bertz CT molecular complexity index is 1750. The number of ether oxygens (including phenoxy) is 1. The molecule has 1 fully saturated rings. The largest absolute Gasteiger partial charge is 0.488 e. The monoisotopic (exact) mass is 588 g/mol. The molecule has 1 aromatic carbocycles. The van der Waals surface area contributed by atoms with Crippen LogP contribution in [0.25, 0.3) is 27.6 Å². The van der Waals surface area contributed by atoms with Gasteiger partial charge in [0.25, 0.3) is 0 Å². The van der Waals surface area contributed by atoms with Crippen LogP contribution in [-0.2, 0) is 6.54 Å². The van der Waals surface area contributed by atoms with Crippen molar-refractivity contribution in [3.63, 3.8) is 0 Å². The lowest BCUT2D eigenvalue weighted by atomic mass is 10.2. The molecule has 0 spiro atoms. The maximum atomic E-state index is 14.6. The molecule has 16 heteroatoms. The van der Waals surface area contributed by atoms with Crippen molar-refractivity contribution in [2.24, 2.45) is 0 Å². The van der Waals surface area contributed by atoms with Crippen molar-refractivity contribution in [2.75, 3.05) is 56.6 Å². The van der Waals surface area contributed by atoms with Gasteiger partial charge in [0.15, 0.2) is 28.6 Å². The number of benzene rings is 1. The first-order valence-electron chi connectivity index (χ1n) is 12.8. The van der Waals surface area contributed by atoms with E-state index in [0.29, 0.717) is 66.8 Å². The van der Waals surface area contributed by atoms with Crippen molar-refractivity contribution in [3.05, 3.63) is 51.8 Å². The molecule has 1 saturated heterocycles. The zero-order valence-corrected chi connectivity index (χ0v) is 22.4. The second kappa shape index (κ2) is 11.0. The van der Waals surface area contributed by atoms with Crippen LogP contribution in [0.3, 0.4) is 0 Å². The molecule has 5 heterocycles. The molecule has 13 nitrogen and oxygen atoms in total. The minimum atomic E-state index is -1.17. The summed E-state index contributed by atoms with van der Waals surface area (Å²) < 4.78 is 42.9. The molecule has 0 bridgehead atoms. The summed E-state index contributed by atoms with van der Waals surface area (Å²) in [6.07, 6.45) is 0.342. The smallest absolute Gasteiger partial charge is 0.309 e. The highest BCUT2D eigenvalue weighted by molar-refractivity contribution is 7.17. The minimum absolute atomic E-state index is 0.0912. The molecule has 1 aliphatic heterocycles. The van der Waals surface area contributed by atoms with E-state index in [0.717, 1.165) is 17.4 Å². The van der Waals surface area contributed by atoms with Crippen LogP contribution < -0.4 is 20.2 Å². The van der Waals surface area contributed by atoms with Gasteiger partial charge in [-0.25, -0.2) is 13.8 Å². The summed E-state index contributed by atoms with van der Waals surface area (Å²) in [5, 5.41) is 22.8. The number of aliphatic hydroxyl groups excluding tert-OH is 2. The van der Waals surface area contributed by atoms with E-state index in [1.54, 1.807) is 21.6 Å². The molecule has 41 heavy (non-hydrogen) atoms. The van der Waals surface area contributed by atoms with Crippen molar-refractivity contribution >= 4 is 39.0 Å². The number of nitrogens with two attached hydrogens (primary N) is 1. The van der Waals surface area contributed by atoms with Gasteiger partial charge in [0.2, 0.25) is 11.8 Å². The number of hydrogen-bond donors (Lipinski definition) is 3. The van der Waals surface area contributed by atoms with E-state index in [9.17, 15) is 18.7 Å². The highest BCUT2D eigenvalue weighted by Gasteiger charge is 2.24. The third kappa shape index (κ3) is 5.21. The summed E-state index contributed by atoms with van der Waals surface area (Å²) in [6, 6.07) is 5.46. The van der Waals surface area contributed by atoms with Gasteiger partial charge >= 0.3 is 4.87 Å². The fourth-order valence-corrected chi connectivity index (χ4v) is 5.63. The fraction of sp³-hybridized carbons (Fsp3) is 0.360. The van der Waals surface area contributed by atoms with Gasteiger partial charge in [0, 0.05) is 51.4 Å². The third-order valence-electron chi connectivity index (χ3n) is 6.85. The zero-order valence-electron chi connectivity index (χ0n) is 21.6. The molecule has 6 rings (SSSR count). The molecule has 4 aromatic heterocycles. The maximum absolute atomic E-state index is 14.6. The molecule has 1 atom stereocenters. The Morgan fingerprint density at radius 2 is 1.93 bits per heavy atom. The van der Waals surface area contributed by atoms with Gasteiger partial charge in [-0.1, -0.05) is 11.3 Å². The average Bonchev–Trinajstić information content (AvgIpc) is 3.71. The number of furan rings is 1. The lowest BCUT2D eigenvalue weighted by Gasteiger charge is -2.36. The molecular formula is C25H26F2N8O5S. The average molecular weight is 589 g/mol. The highest BCUT2D eigenvalue weighted by atomic mass is 32.1. The SMILES string of the molecule is Nc1nc2c(sc(=O)n2CCN2CCN(c3cc(OC[C@@H](O)CO)c(F)cc3F)CC2)c2nc(-c3ccco3)nn12. The number of hydrogen-bond acceptors (Lipinski definition) is 12. The molecule has 5 aromatic rings. The molecular weight excluding hydrogens is 562 g/mol. The van der Waals surface area contributed by atoms with Crippen LogP contribution in [0.5, 0.6) is 5.75 Å². The molecule has 0 saturated carbocycles. The standard InChI is InChI=1S/C25H26F2N8O5S/c26-15-10-16(27)19(40-13-14(37)12-36)11-17(15)33-6-3-32(4-7-33)5-8-34-22-20(41-25(34)38)23-29-21(18-2-1-9-39-18)31-35(23)24(28)30-22/h1-2,9-11,14,36-37H,3-8,12-13H2,(H2,28,30)/t14-/m0/s1. The summed E-state index contributed by atoms with van der Waals surface area (Å²) >= 11 is 1.02. The van der Waals surface area contributed by atoms with E-state index < -0.39 is 24.3 Å². The Kier molecular flexibility index (Phi) is 7.29. The Morgan fingerprint density at radius 1 is 1.12 bits per heavy atom. The molecule has 0 aliphatic carbocycles. The second-order valence-electron chi connectivity index (χ2n) is 9.50. The van der Waals surface area contributed by atoms with Gasteiger partial charge in [0.05, 0.1) is 18.6 Å². The topological polar surface area (TPSA) is 160 Å². The van der Waals surface area contributed by atoms with E-state index in [4.69, 9.17) is 20.0 Å². The molecule has 1 aliphatic rings. The number of nitrogens with zero attached hydrogens (tertiary/aromatic N) is 7. The Hall–Kier alpha value is -4.12. The van der Waals surface area contributed by atoms with E-state index in [2.05, 4.69) is 20.0 Å². The first kappa shape index (κ1) is 27.1. The molecule has 216 valence electrons. The first-order valence-corrected chi connectivity index (χ1v) is 13.6. The van der Waals surface area contributed by atoms with Crippen LogP contribution in [0, 0.1) is 11.6 Å². The number of anilines is 2. The van der Waals surface area contributed by atoms with Gasteiger partial charge in [0.1, 0.15) is 23.2 Å². The number of rotatable bonds is 9. The lowest BCUT2D eigenvalue weighted by molar-refractivity contribution is 0.0523. The van der Waals surface area contributed by atoms with Gasteiger partial charge in [-0.2, -0.15) is 9.50 Å². The number of nitrogen functional groups attached to an aromatic ring is 1. The van der Waals surface area contributed by atoms with Crippen molar-refractivity contribution < 1.29 is 28.1 Å². The van der Waals surface area contributed by atoms with Crippen molar-refractivity contribution in [3.8, 4) is 17.3 Å². The van der Waals surface area contributed by atoms with Crippen molar-refractivity contribution in [1.82, 2.24) is 29.0 Å². The number of fused-ring (bicyclic) bond motifs is 3. The Balaban J connectivity index is 1.14. The zero-order chi connectivity index (χ0) is 28.7. The summed E-state index contributed by atoms with van der Waals surface area (Å²) in [5.41, 5.74) is 7.19. The van der Waals surface area contributed by atoms with E-state index in [1.807, 2.05) is 0 Å². The predicted molar refractivity (Wildman–Crippen MR) is 146 cm³/mol. The number of aromatic nitrogens is 5. The van der Waals surface area contributed by atoms with Crippen LogP contribution in [-0.4, -0.2) is 91.3 Å². The molecule has 0 radical (unpaired) electrons. The Labute approximate surface area is 234 Å². The number of halogens is 2. The number of piperazine rings is 1. The van der Waals surface area contributed by atoms with E-state index in [-0.39, 0.29) is 28.9 Å². The lowest BCUT2D eigenvalue weighted by Crippen LogP contribution is -2.47. The summed E-state index contributed by atoms with van der Waals surface area (Å²) in [5.74, 6) is -0.921. The van der Waals surface area contributed by atoms with E-state index >= 15 is 0 Å². The van der Waals surface area contributed by atoms with Crippen molar-refractivity contribution in [2.45, 2.75) is 12.6 Å². The van der Waals surface area contributed by atoms with Gasteiger partial charge in [-0.15, -0.1) is 5.10 Å². The quantitative estimate of drug-likeness (QED) is 0.227. The van der Waals surface area contributed by atoms with Crippen molar-refractivity contribution in [1.29, 1.82) is 0 Å². The maximum Gasteiger partial charge on any atom is 0.309 e. The second-order valence-corrected chi connectivity index (χ2v) is 10.5. The van der Waals surface area contributed by atoms with Gasteiger partial charge in [-0.3, -0.25) is 14.3 Å². The predicted octanol–water partition coefficient (Wildman–Crippen LogP) is 1.18. The summed E-state index contributed by atoms with van der Waals surface area (Å²) in [7, 11) is 0. The van der Waals surface area contributed by atoms with Crippen LogP contribution in [0.1, 0.15) is 0 Å². The number of thiazole rings is 1. The third-order valence-corrected chi connectivity index (χ3v) is 7.82. The van der Waals surface area contributed by atoms with Gasteiger partial charge < -0.3 is 30.0 Å². The fourth-order valence-electron chi connectivity index (χ4n) is 4.70. The van der Waals surface area contributed by atoms with E-state index in [1.165, 1.54) is 16.8 Å². The van der Waals surface area contributed by atoms with Crippen LogP contribution >= 0.6 is 11.3 Å². The minimum Gasteiger partial charge on any atom is -0.488 e. The molecule has 0 amide bonds. The van der Waals surface area contributed by atoms with Gasteiger partial charge in [-0.05, 0) is 12.1 Å². The summed E-state index contributed by atoms with van der Waals surface area (Å²) in [4.78, 5) is 25.6. The van der Waals surface area contributed by atoms with Crippen LogP contribution in [0.4, 0.5) is 20.4 Å². The normalized spacial score (nSPS) is 15.3. The number of aliphatic hydroxyl groups is 2. The van der Waals surface area contributed by atoms with Crippen LogP contribution in [0.15, 0.2) is 39.7 Å². The summed E-state index contributed by atoms with van der Waals surface area (Å²) in [6.45, 7) is 2.10. The van der Waals surface area contributed by atoms with Crippen LogP contribution in [0.2, 0.25) is 0 Å². The highest BCUT2D eigenvalue weighted by Crippen LogP contribution is 2.29.